The van der Waals surface area contributed by atoms with Crippen LogP contribution in [0.15, 0.2) is 30.0 Å². The summed E-state index contributed by atoms with van der Waals surface area (Å²) in [6, 6.07) is 1.59. The van der Waals surface area contributed by atoms with E-state index < -0.39 is 5.97 Å². The van der Waals surface area contributed by atoms with E-state index >= 15 is 0 Å². The van der Waals surface area contributed by atoms with Gasteiger partial charge in [0.25, 0.3) is 0 Å². The number of carboxylic acid groups (broad SMARTS) is 1. The van der Waals surface area contributed by atoms with Crippen LogP contribution in [0, 0.1) is 0 Å². The Labute approximate surface area is 83.9 Å². The third-order valence-electron chi connectivity index (χ3n) is 1.66. The molecule has 0 aromatic carbocycles. The zero-order valence-corrected chi connectivity index (χ0v) is 7.86. The lowest BCUT2D eigenvalue weighted by atomic mass is 10.3. The number of aromatic carboxylic acids is 1. The summed E-state index contributed by atoms with van der Waals surface area (Å²) in [5.41, 5.74) is 0.987. The molecule has 0 fully saturated rings. The predicted molar refractivity (Wildman–Crippen MR) is 52.3 cm³/mol. The number of hydrogen-bond donors (Lipinski definition) is 1. The Hall–Kier alpha value is -1.75. The number of nitrogens with zero attached hydrogens (tertiary/aromatic N) is 2. The molecule has 0 radical (unpaired) electrons. The lowest BCUT2D eigenvalue weighted by molar-refractivity contribution is 0.0697. The van der Waals surface area contributed by atoms with Crippen LogP contribution >= 0.6 is 11.3 Å². The van der Waals surface area contributed by atoms with E-state index in [2.05, 4.69) is 9.97 Å². The Morgan fingerprint density at radius 2 is 2.29 bits per heavy atom. The molecule has 2 heterocycles. The number of carboxylic acids is 1. The third kappa shape index (κ3) is 1.62. The van der Waals surface area contributed by atoms with Gasteiger partial charge in [0.1, 0.15) is 0 Å². The van der Waals surface area contributed by atoms with Gasteiger partial charge in [-0.15, -0.1) is 11.3 Å². The summed E-state index contributed by atoms with van der Waals surface area (Å²) in [4.78, 5) is 19.4. The van der Waals surface area contributed by atoms with Gasteiger partial charge in [0.05, 0.1) is 22.3 Å². The van der Waals surface area contributed by atoms with Crippen LogP contribution in [-0.2, 0) is 0 Å². The van der Waals surface area contributed by atoms with Gasteiger partial charge in [-0.1, -0.05) is 0 Å². The molecule has 4 nitrogen and oxygen atoms in total. The Morgan fingerprint density at radius 3 is 2.86 bits per heavy atom. The molecule has 0 aliphatic rings. The minimum Gasteiger partial charge on any atom is -0.478 e. The van der Waals surface area contributed by atoms with E-state index in [4.69, 9.17) is 5.11 Å². The summed E-state index contributed by atoms with van der Waals surface area (Å²) < 4.78 is 0. The SMILES string of the molecule is O=C(O)c1csc(-c2cnccn2)c1. The molecule has 0 bridgehead atoms. The molecule has 0 unspecified atom stereocenters. The van der Waals surface area contributed by atoms with Gasteiger partial charge in [0.15, 0.2) is 0 Å². The Balaban J connectivity index is 2.39. The van der Waals surface area contributed by atoms with Crippen molar-refractivity contribution < 1.29 is 9.90 Å². The van der Waals surface area contributed by atoms with E-state index in [0.29, 0.717) is 5.69 Å². The summed E-state index contributed by atoms with van der Waals surface area (Å²) in [5, 5.41) is 10.3. The molecular weight excluding hydrogens is 200 g/mol. The highest BCUT2D eigenvalue weighted by Crippen LogP contribution is 2.24. The van der Waals surface area contributed by atoms with Crippen LogP contribution in [0.5, 0.6) is 0 Å². The zero-order valence-electron chi connectivity index (χ0n) is 7.04. The number of rotatable bonds is 2. The smallest absolute Gasteiger partial charge is 0.336 e. The first-order valence-electron chi connectivity index (χ1n) is 3.85. The average Bonchev–Trinajstić information content (AvgIpc) is 2.68. The Morgan fingerprint density at radius 1 is 1.43 bits per heavy atom. The molecule has 2 aromatic heterocycles. The minimum absolute atomic E-state index is 0.288. The van der Waals surface area contributed by atoms with E-state index in [0.717, 1.165) is 4.88 Å². The van der Waals surface area contributed by atoms with Crippen molar-refractivity contribution in [3.8, 4) is 10.6 Å². The van der Waals surface area contributed by atoms with Crippen molar-refractivity contribution >= 4 is 17.3 Å². The topological polar surface area (TPSA) is 63.1 Å². The quantitative estimate of drug-likeness (QED) is 0.815. The molecule has 0 aliphatic carbocycles. The summed E-state index contributed by atoms with van der Waals surface area (Å²) in [7, 11) is 0. The third-order valence-corrected chi connectivity index (χ3v) is 2.61. The van der Waals surface area contributed by atoms with Crippen LogP contribution in [0.4, 0.5) is 0 Å². The van der Waals surface area contributed by atoms with E-state index in [9.17, 15) is 4.79 Å². The van der Waals surface area contributed by atoms with Gasteiger partial charge < -0.3 is 5.11 Å². The van der Waals surface area contributed by atoms with Crippen LogP contribution in [0.2, 0.25) is 0 Å². The fourth-order valence-electron chi connectivity index (χ4n) is 1.01. The highest BCUT2D eigenvalue weighted by molar-refractivity contribution is 7.13. The van der Waals surface area contributed by atoms with E-state index in [-0.39, 0.29) is 5.56 Å². The Kier molecular flexibility index (Phi) is 2.24. The van der Waals surface area contributed by atoms with Crippen LogP contribution < -0.4 is 0 Å². The first-order chi connectivity index (χ1) is 6.77. The lowest BCUT2D eigenvalue weighted by Crippen LogP contribution is -1.91. The molecule has 0 amide bonds. The van der Waals surface area contributed by atoms with Crippen molar-refractivity contribution in [2.75, 3.05) is 0 Å². The van der Waals surface area contributed by atoms with E-state index in [1.165, 1.54) is 11.3 Å². The van der Waals surface area contributed by atoms with E-state index in [1.54, 1.807) is 30.0 Å². The summed E-state index contributed by atoms with van der Waals surface area (Å²) >= 11 is 1.35. The maximum Gasteiger partial charge on any atom is 0.336 e. The maximum absolute atomic E-state index is 10.6. The number of aromatic nitrogens is 2. The molecule has 2 aromatic rings. The largest absolute Gasteiger partial charge is 0.478 e. The van der Waals surface area contributed by atoms with E-state index in [1.807, 2.05) is 0 Å². The van der Waals surface area contributed by atoms with Crippen molar-refractivity contribution in [3.05, 3.63) is 35.6 Å². The number of thiophene rings is 1. The number of hydrogen-bond acceptors (Lipinski definition) is 4. The van der Waals surface area contributed by atoms with Gasteiger partial charge in [0.2, 0.25) is 0 Å². The molecule has 0 saturated carbocycles. The van der Waals surface area contributed by atoms with Crippen molar-refractivity contribution in [1.82, 2.24) is 9.97 Å². The van der Waals surface area contributed by atoms with Crippen LogP contribution in [-0.4, -0.2) is 21.0 Å². The summed E-state index contributed by atoms with van der Waals surface area (Å²) in [6.45, 7) is 0. The summed E-state index contributed by atoms with van der Waals surface area (Å²) in [6.07, 6.45) is 4.77. The molecule has 2 rings (SSSR count). The molecule has 5 heteroatoms. The lowest BCUT2D eigenvalue weighted by Gasteiger charge is -1.91. The average molecular weight is 206 g/mol. The zero-order chi connectivity index (χ0) is 9.97. The highest BCUT2D eigenvalue weighted by Gasteiger charge is 2.08. The second-order valence-electron chi connectivity index (χ2n) is 2.60. The molecule has 0 saturated heterocycles. The van der Waals surface area contributed by atoms with Gasteiger partial charge >= 0.3 is 5.97 Å². The molecular formula is C9H6N2O2S. The molecule has 70 valence electrons. The van der Waals surface area contributed by atoms with Crippen molar-refractivity contribution in [3.63, 3.8) is 0 Å². The molecule has 14 heavy (non-hydrogen) atoms. The standard InChI is InChI=1S/C9H6N2O2S/c12-9(13)6-3-8(14-5-6)7-4-10-1-2-11-7/h1-5H,(H,12,13). The van der Waals surface area contributed by atoms with Gasteiger partial charge in [-0.25, -0.2) is 4.79 Å². The second-order valence-corrected chi connectivity index (χ2v) is 3.51. The van der Waals surface area contributed by atoms with Gasteiger partial charge in [-0.05, 0) is 6.07 Å². The molecule has 0 spiro atoms. The van der Waals surface area contributed by atoms with Crippen molar-refractivity contribution in [2.24, 2.45) is 0 Å². The predicted octanol–water partition coefficient (Wildman–Crippen LogP) is 1.90. The van der Waals surface area contributed by atoms with Crippen LogP contribution in [0.3, 0.4) is 0 Å². The van der Waals surface area contributed by atoms with Gasteiger partial charge in [-0.3, -0.25) is 9.97 Å². The normalized spacial score (nSPS) is 10.0. The first-order valence-corrected chi connectivity index (χ1v) is 4.73. The second kappa shape index (κ2) is 3.55. The minimum atomic E-state index is -0.920. The number of carbonyl (C=O) groups is 1. The Bertz CT molecular complexity index is 453. The van der Waals surface area contributed by atoms with Crippen molar-refractivity contribution in [2.45, 2.75) is 0 Å². The fourth-order valence-corrected chi connectivity index (χ4v) is 1.85. The summed E-state index contributed by atoms with van der Waals surface area (Å²) in [5.74, 6) is -0.920. The maximum atomic E-state index is 10.6. The van der Waals surface area contributed by atoms with Crippen LogP contribution in [0.25, 0.3) is 10.6 Å². The molecule has 0 atom stereocenters. The van der Waals surface area contributed by atoms with Gasteiger partial charge in [0, 0.05) is 17.8 Å². The monoisotopic (exact) mass is 206 g/mol. The van der Waals surface area contributed by atoms with Crippen LogP contribution in [0.1, 0.15) is 10.4 Å². The molecule has 0 aliphatic heterocycles. The van der Waals surface area contributed by atoms with Crippen molar-refractivity contribution in [1.29, 1.82) is 0 Å². The fraction of sp³-hybridized carbons (Fsp3) is 0. The highest BCUT2D eigenvalue weighted by atomic mass is 32.1. The molecule has 1 N–H and O–H groups in total. The first kappa shape index (κ1) is 8.83. The van der Waals surface area contributed by atoms with Gasteiger partial charge in [-0.2, -0.15) is 0 Å².